The minimum absolute atomic E-state index is 0.110. The monoisotopic (exact) mass is 302 g/mol. The van der Waals surface area contributed by atoms with Crippen molar-refractivity contribution in [3.8, 4) is 0 Å². The maximum atomic E-state index is 12.6. The van der Waals surface area contributed by atoms with E-state index in [1.54, 1.807) is 0 Å². The zero-order chi connectivity index (χ0) is 15.6. The van der Waals surface area contributed by atoms with Crippen LogP contribution in [-0.4, -0.2) is 37.2 Å². The van der Waals surface area contributed by atoms with Crippen LogP contribution in [0, 0.1) is 0 Å². The first-order chi connectivity index (χ1) is 9.84. The summed E-state index contributed by atoms with van der Waals surface area (Å²) in [6.07, 6.45) is -3.29. The predicted octanol–water partition coefficient (Wildman–Crippen LogP) is 2.81. The van der Waals surface area contributed by atoms with Crippen molar-refractivity contribution in [2.24, 2.45) is 5.73 Å². The highest BCUT2D eigenvalue weighted by Gasteiger charge is 2.33. The lowest BCUT2D eigenvalue weighted by Gasteiger charge is -2.34. The molecule has 0 radical (unpaired) electrons. The molecule has 1 fully saturated rings. The first-order valence-corrected chi connectivity index (χ1v) is 7.05. The number of rotatable bonds is 4. The number of hydrogen-bond donors (Lipinski definition) is 1. The van der Waals surface area contributed by atoms with Crippen LogP contribution >= 0.6 is 0 Å². The van der Waals surface area contributed by atoms with E-state index in [2.05, 4.69) is 4.90 Å². The Kier molecular flexibility index (Phi) is 4.91. The molecule has 1 aliphatic rings. The fourth-order valence-corrected chi connectivity index (χ4v) is 2.92. The highest BCUT2D eigenvalue weighted by molar-refractivity contribution is 5.27. The molecule has 21 heavy (non-hydrogen) atoms. The zero-order valence-electron chi connectivity index (χ0n) is 12.2. The summed E-state index contributed by atoms with van der Waals surface area (Å²) in [5.74, 6) is 0. The lowest BCUT2D eigenvalue weighted by atomic mass is 10.00. The molecule has 3 atom stereocenters. The molecule has 1 heterocycles. The maximum absolute atomic E-state index is 12.6. The van der Waals surface area contributed by atoms with Crippen LogP contribution in [0.15, 0.2) is 24.3 Å². The fraction of sp³-hybridized carbons (Fsp3) is 0.600. The van der Waals surface area contributed by atoms with Crippen molar-refractivity contribution in [1.29, 1.82) is 0 Å². The number of nitrogens with zero attached hydrogens (tertiary/aromatic N) is 1. The van der Waals surface area contributed by atoms with Crippen LogP contribution in [0.25, 0.3) is 0 Å². The summed E-state index contributed by atoms with van der Waals surface area (Å²) in [6.45, 7) is 3.07. The molecule has 1 aromatic rings. The number of nitrogens with two attached hydrogens (primary N) is 1. The van der Waals surface area contributed by atoms with E-state index in [4.69, 9.17) is 10.5 Å². The van der Waals surface area contributed by atoms with E-state index in [9.17, 15) is 13.2 Å². The van der Waals surface area contributed by atoms with Gasteiger partial charge in [0.05, 0.1) is 11.7 Å². The number of benzene rings is 1. The van der Waals surface area contributed by atoms with Gasteiger partial charge < -0.3 is 10.5 Å². The largest absolute Gasteiger partial charge is 0.416 e. The van der Waals surface area contributed by atoms with Crippen LogP contribution in [-0.2, 0) is 10.9 Å². The zero-order valence-corrected chi connectivity index (χ0v) is 12.2. The summed E-state index contributed by atoms with van der Waals surface area (Å²) in [4.78, 5) is 2.11. The van der Waals surface area contributed by atoms with Gasteiger partial charge in [-0.2, -0.15) is 13.2 Å². The average molecular weight is 302 g/mol. The van der Waals surface area contributed by atoms with Crippen LogP contribution in [0.5, 0.6) is 0 Å². The Morgan fingerprint density at radius 1 is 1.33 bits per heavy atom. The molecule has 0 spiro atoms. The summed E-state index contributed by atoms with van der Waals surface area (Å²) in [5, 5.41) is 0. The van der Waals surface area contributed by atoms with Crippen molar-refractivity contribution in [1.82, 2.24) is 4.90 Å². The van der Waals surface area contributed by atoms with Crippen molar-refractivity contribution in [2.75, 3.05) is 20.2 Å². The SMILES string of the molecule is CC1OCCC1N(C)C(CN)c1ccc(C(F)(F)F)cc1. The topological polar surface area (TPSA) is 38.5 Å². The van der Waals surface area contributed by atoms with Crippen LogP contribution in [0.4, 0.5) is 13.2 Å². The smallest absolute Gasteiger partial charge is 0.377 e. The van der Waals surface area contributed by atoms with Gasteiger partial charge in [-0.3, -0.25) is 4.90 Å². The molecule has 0 bridgehead atoms. The van der Waals surface area contributed by atoms with Gasteiger partial charge in [-0.15, -0.1) is 0 Å². The molecule has 3 nitrogen and oxygen atoms in total. The van der Waals surface area contributed by atoms with Crippen molar-refractivity contribution in [2.45, 2.75) is 37.7 Å². The normalized spacial score (nSPS) is 24.5. The van der Waals surface area contributed by atoms with Gasteiger partial charge in [0.15, 0.2) is 0 Å². The molecule has 1 aromatic carbocycles. The van der Waals surface area contributed by atoms with Gasteiger partial charge in [0.2, 0.25) is 0 Å². The summed E-state index contributed by atoms with van der Waals surface area (Å²) in [6, 6.07) is 5.37. The molecule has 2 N–H and O–H groups in total. The van der Waals surface area contributed by atoms with Crippen molar-refractivity contribution in [3.05, 3.63) is 35.4 Å². The Bertz CT molecular complexity index is 461. The lowest BCUT2D eigenvalue weighted by molar-refractivity contribution is -0.137. The van der Waals surface area contributed by atoms with Crippen molar-refractivity contribution >= 4 is 0 Å². The van der Waals surface area contributed by atoms with Gasteiger partial charge in [-0.05, 0) is 38.1 Å². The Labute approximate surface area is 122 Å². The molecule has 0 aliphatic carbocycles. The number of hydrogen-bond acceptors (Lipinski definition) is 3. The molecular formula is C15H21F3N2O. The van der Waals surface area contributed by atoms with E-state index >= 15 is 0 Å². The second-order valence-electron chi connectivity index (χ2n) is 5.47. The molecule has 6 heteroatoms. The van der Waals surface area contributed by atoms with Crippen LogP contribution in [0.2, 0.25) is 0 Å². The van der Waals surface area contributed by atoms with E-state index in [0.717, 1.165) is 24.1 Å². The van der Waals surface area contributed by atoms with Crippen molar-refractivity contribution in [3.63, 3.8) is 0 Å². The standard InChI is InChI=1S/C15H21F3N2O/c1-10-13(7-8-21-10)20(2)14(9-19)11-3-5-12(6-4-11)15(16,17)18/h3-6,10,13-14H,7-9,19H2,1-2H3. The summed E-state index contributed by atoms with van der Waals surface area (Å²) in [5.41, 5.74) is 6.00. The van der Waals surface area contributed by atoms with Crippen LogP contribution in [0.3, 0.4) is 0 Å². The Morgan fingerprint density at radius 2 is 1.95 bits per heavy atom. The molecule has 0 amide bonds. The second-order valence-corrected chi connectivity index (χ2v) is 5.47. The van der Waals surface area contributed by atoms with E-state index in [1.165, 1.54) is 12.1 Å². The van der Waals surface area contributed by atoms with Gasteiger partial charge >= 0.3 is 6.18 Å². The first-order valence-electron chi connectivity index (χ1n) is 7.05. The fourth-order valence-electron chi connectivity index (χ4n) is 2.92. The Hall–Kier alpha value is -1.11. The number of ether oxygens (including phenoxy) is 1. The third-order valence-corrected chi connectivity index (χ3v) is 4.20. The van der Waals surface area contributed by atoms with Crippen LogP contribution in [0.1, 0.15) is 30.5 Å². The van der Waals surface area contributed by atoms with Gasteiger partial charge in [0.25, 0.3) is 0 Å². The maximum Gasteiger partial charge on any atom is 0.416 e. The Balaban J connectivity index is 2.17. The molecule has 118 valence electrons. The summed E-state index contributed by atoms with van der Waals surface area (Å²) in [7, 11) is 1.95. The average Bonchev–Trinajstić information content (AvgIpc) is 2.85. The molecule has 2 rings (SSSR count). The highest BCUT2D eigenvalue weighted by Crippen LogP contribution is 2.32. The predicted molar refractivity (Wildman–Crippen MR) is 74.8 cm³/mol. The number of halogens is 3. The summed E-state index contributed by atoms with van der Waals surface area (Å²) < 4.78 is 43.4. The first kappa shape index (κ1) is 16.3. The number of alkyl halides is 3. The van der Waals surface area contributed by atoms with Crippen molar-refractivity contribution < 1.29 is 17.9 Å². The third kappa shape index (κ3) is 3.56. The Morgan fingerprint density at radius 3 is 2.38 bits per heavy atom. The summed E-state index contributed by atoms with van der Waals surface area (Å²) >= 11 is 0. The molecule has 0 saturated carbocycles. The molecule has 1 aliphatic heterocycles. The highest BCUT2D eigenvalue weighted by atomic mass is 19.4. The van der Waals surface area contributed by atoms with Gasteiger partial charge in [-0.1, -0.05) is 12.1 Å². The van der Waals surface area contributed by atoms with Gasteiger partial charge in [-0.25, -0.2) is 0 Å². The molecule has 3 unspecified atom stereocenters. The molecule has 1 saturated heterocycles. The van der Waals surface area contributed by atoms with Gasteiger partial charge in [0.1, 0.15) is 0 Å². The molecule has 0 aromatic heterocycles. The lowest BCUT2D eigenvalue weighted by Crippen LogP contribution is -2.42. The third-order valence-electron chi connectivity index (χ3n) is 4.20. The quantitative estimate of drug-likeness (QED) is 0.929. The molecular weight excluding hydrogens is 281 g/mol. The van der Waals surface area contributed by atoms with Gasteiger partial charge in [0, 0.05) is 25.2 Å². The van der Waals surface area contributed by atoms with E-state index in [-0.39, 0.29) is 18.2 Å². The second kappa shape index (κ2) is 6.34. The minimum Gasteiger partial charge on any atom is -0.377 e. The number of likely N-dealkylation sites (N-methyl/N-ethyl adjacent to an activating group) is 1. The van der Waals surface area contributed by atoms with E-state index < -0.39 is 11.7 Å². The minimum atomic E-state index is -4.31. The van der Waals surface area contributed by atoms with E-state index in [0.29, 0.717) is 13.2 Å². The van der Waals surface area contributed by atoms with E-state index in [1.807, 2.05) is 14.0 Å². The van der Waals surface area contributed by atoms with Crippen LogP contribution < -0.4 is 5.73 Å².